The van der Waals surface area contributed by atoms with Gasteiger partial charge in [-0.3, -0.25) is 4.79 Å². The van der Waals surface area contributed by atoms with Crippen LogP contribution in [0.1, 0.15) is 0 Å². The van der Waals surface area contributed by atoms with Crippen LogP contribution in [0, 0.1) is 5.21 Å². The molecule has 0 unspecified atom stereocenters. The van der Waals surface area contributed by atoms with Gasteiger partial charge in [-0.05, 0) is 12.1 Å². The number of rotatable bonds is 0. The summed E-state index contributed by atoms with van der Waals surface area (Å²) in [4.78, 5) is 11.2. The van der Waals surface area contributed by atoms with E-state index >= 15 is 0 Å². The van der Waals surface area contributed by atoms with Gasteiger partial charge in [0, 0.05) is 18.2 Å². The molecule has 1 aliphatic heterocycles. The smallest absolute Gasteiger partial charge is 0.244 e. The maximum absolute atomic E-state index is 12.0. The van der Waals surface area contributed by atoms with Crippen LogP contribution in [0.25, 0.3) is 22.4 Å². The first-order valence-electron chi connectivity index (χ1n) is 5.05. The van der Waals surface area contributed by atoms with Gasteiger partial charge in [0.05, 0.1) is 0 Å². The quantitative estimate of drug-likeness (QED) is 0.270. The van der Waals surface area contributed by atoms with E-state index < -0.39 is 0 Å². The molecule has 1 aromatic carbocycles. The van der Waals surface area contributed by atoms with Crippen molar-refractivity contribution < 1.29 is 9.94 Å². The van der Waals surface area contributed by atoms with Gasteiger partial charge < -0.3 is 10.4 Å². The third kappa shape index (κ3) is 1.25. The summed E-state index contributed by atoms with van der Waals surface area (Å²) >= 11 is 0. The van der Waals surface area contributed by atoms with Crippen LogP contribution in [-0.4, -0.2) is 9.94 Å². The summed E-state index contributed by atoms with van der Waals surface area (Å²) in [6.07, 6.45) is 0. The lowest BCUT2D eigenvalue weighted by molar-refractivity contribution is -0.566. The van der Waals surface area contributed by atoms with E-state index in [1.807, 2.05) is 0 Å². The molecule has 0 aromatic heterocycles. The zero-order valence-electron chi connectivity index (χ0n) is 8.70. The molecule has 0 spiro atoms. The molecule has 3 rings (SSSR count). The van der Waals surface area contributed by atoms with E-state index in [-0.39, 0.29) is 16.8 Å². The number of hydrogen-bond donors (Lipinski definition) is 1. The Hall–Kier alpha value is -2.56. The van der Waals surface area contributed by atoms with Crippen molar-refractivity contribution in [2.24, 2.45) is 0 Å². The van der Waals surface area contributed by atoms with E-state index in [9.17, 15) is 15.2 Å². The second-order valence-corrected chi connectivity index (χ2v) is 3.75. The van der Waals surface area contributed by atoms with Crippen molar-refractivity contribution in [2.45, 2.75) is 0 Å². The van der Waals surface area contributed by atoms with Crippen LogP contribution in [0.5, 0.6) is 0 Å². The molecule has 0 bridgehead atoms. The van der Waals surface area contributed by atoms with Gasteiger partial charge in [0.25, 0.3) is 0 Å². The Morgan fingerprint density at radius 1 is 1.18 bits per heavy atom. The number of aromatic nitrogens is 2. The molecule has 1 N–H and O–H groups in total. The highest BCUT2D eigenvalue weighted by molar-refractivity contribution is 5.75. The molecule has 1 aromatic rings. The van der Waals surface area contributed by atoms with Gasteiger partial charge in [-0.2, -0.15) is 9.46 Å². The first-order valence-corrected chi connectivity index (χ1v) is 5.05. The summed E-state index contributed by atoms with van der Waals surface area (Å²) in [5.41, 5.74) is 0.911. The highest BCUT2D eigenvalue weighted by Gasteiger charge is 2.20. The SMILES string of the molecule is O=c1ccc2[n+]([O-])c3ccccc3n(O)c-2c1. The minimum absolute atomic E-state index is 0.200. The Balaban J connectivity index is 2.64. The van der Waals surface area contributed by atoms with E-state index in [2.05, 4.69) is 0 Å². The van der Waals surface area contributed by atoms with Crippen LogP contribution in [0.2, 0.25) is 0 Å². The molecule has 2 aliphatic rings. The van der Waals surface area contributed by atoms with Gasteiger partial charge in [0.15, 0.2) is 16.6 Å². The molecule has 0 radical (unpaired) electrons. The lowest BCUT2D eigenvalue weighted by Crippen LogP contribution is -2.33. The van der Waals surface area contributed by atoms with Gasteiger partial charge >= 0.3 is 0 Å². The highest BCUT2D eigenvalue weighted by Crippen LogP contribution is 2.20. The molecule has 0 saturated carbocycles. The largest absolute Gasteiger partial charge is 0.618 e. The van der Waals surface area contributed by atoms with Crippen LogP contribution in [0.4, 0.5) is 0 Å². The fourth-order valence-corrected chi connectivity index (χ4v) is 1.92. The minimum atomic E-state index is -0.254. The first kappa shape index (κ1) is 9.65. The lowest BCUT2D eigenvalue weighted by Gasteiger charge is -2.13. The summed E-state index contributed by atoms with van der Waals surface area (Å²) in [6.45, 7) is 0. The van der Waals surface area contributed by atoms with Crippen molar-refractivity contribution in [1.29, 1.82) is 0 Å². The van der Waals surface area contributed by atoms with Crippen LogP contribution >= 0.6 is 0 Å². The van der Waals surface area contributed by atoms with Crippen molar-refractivity contribution in [2.75, 3.05) is 0 Å². The lowest BCUT2D eigenvalue weighted by atomic mass is 10.2. The summed E-state index contributed by atoms with van der Waals surface area (Å²) in [6, 6.07) is 10.6. The van der Waals surface area contributed by atoms with Gasteiger partial charge in [0.2, 0.25) is 11.2 Å². The van der Waals surface area contributed by atoms with Crippen molar-refractivity contribution >= 4 is 11.0 Å². The molecule has 0 fully saturated rings. The number of para-hydroxylation sites is 2. The molecule has 0 amide bonds. The Morgan fingerprint density at radius 3 is 2.76 bits per heavy atom. The van der Waals surface area contributed by atoms with E-state index in [0.717, 1.165) is 4.73 Å². The Morgan fingerprint density at radius 2 is 1.94 bits per heavy atom. The zero-order chi connectivity index (χ0) is 12.0. The normalized spacial score (nSPS) is 11.1. The van der Waals surface area contributed by atoms with Gasteiger partial charge in [-0.1, -0.05) is 12.1 Å². The Kier molecular flexibility index (Phi) is 1.82. The van der Waals surface area contributed by atoms with Crippen LogP contribution in [0.3, 0.4) is 0 Å². The average molecular weight is 228 g/mol. The maximum atomic E-state index is 12.0. The molecular weight excluding hydrogens is 220 g/mol. The number of fused-ring (bicyclic) bond motifs is 2. The Bertz CT molecular complexity index is 749. The van der Waals surface area contributed by atoms with Crippen molar-refractivity contribution in [3.8, 4) is 11.4 Å². The van der Waals surface area contributed by atoms with E-state index in [1.165, 1.54) is 18.2 Å². The third-order valence-corrected chi connectivity index (χ3v) is 2.72. The van der Waals surface area contributed by atoms with Gasteiger partial charge in [0.1, 0.15) is 0 Å². The molecule has 17 heavy (non-hydrogen) atoms. The molecule has 0 saturated heterocycles. The second kappa shape index (κ2) is 3.21. The molecule has 5 heteroatoms. The van der Waals surface area contributed by atoms with Crippen LogP contribution < -0.4 is 10.2 Å². The fourth-order valence-electron chi connectivity index (χ4n) is 1.92. The summed E-state index contributed by atoms with van der Waals surface area (Å²) in [5.74, 6) is 0. The summed E-state index contributed by atoms with van der Waals surface area (Å²) in [5, 5.41) is 22.0. The number of benzene rings is 2. The fraction of sp³-hybridized carbons (Fsp3) is 0. The van der Waals surface area contributed by atoms with Crippen LogP contribution in [-0.2, 0) is 0 Å². The maximum Gasteiger partial charge on any atom is 0.244 e. The predicted octanol–water partition coefficient (Wildman–Crippen LogP) is 0.977. The number of hydrogen-bond acceptors (Lipinski definition) is 3. The molecule has 0 atom stereocenters. The van der Waals surface area contributed by atoms with E-state index in [4.69, 9.17) is 0 Å². The first-order chi connectivity index (χ1) is 8.18. The van der Waals surface area contributed by atoms with Crippen LogP contribution in [0.15, 0.2) is 47.3 Å². The molecule has 1 heterocycles. The molecule has 84 valence electrons. The molecule has 1 aliphatic carbocycles. The minimum Gasteiger partial charge on any atom is -0.618 e. The monoisotopic (exact) mass is 228 g/mol. The molecular formula is C12H8N2O3. The van der Waals surface area contributed by atoms with Crippen molar-refractivity contribution in [3.63, 3.8) is 0 Å². The average Bonchev–Trinajstić information content (AvgIpc) is 2.36. The van der Waals surface area contributed by atoms with Crippen molar-refractivity contribution in [3.05, 3.63) is 57.9 Å². The third-order valence-electron chi connectivity index (χ3n) is 2.72. The standard InChI is InChI=1S/C12H8N2O3/c15-8-5-6-11-12(7-8)14(17)10-4-2-1-3-9(10)13(11)16/h1-7,17H. The van der Waals surface area contributed by atoms with Gasteiger partial charge in [-0.25, -0.2) is 0 Å². The summed E-state index contributed by atoms with van der Waals surface area (Å²) < 4.78 is 1.57. The zero-order valence-corrected chi connectivity index (χ0v) is 8.70. The van der Waals surface area contributed by atoms with E-state index in [1.54, 1.807) is 24.3 Å². The predicted molar refractivity (Wildman–Crippen MR) is 61.0 cm³/mol. The summed E-state index contributed by atoms with van der Waals surface area (Å²) in [7, 11) is 0. The number of nitrogens with zero attached hydrogens (tertiary/aromatic N) is 2. The topological polar surface area (TPSA) is 69.2 Å². The van der Waals surface area contributed by atoms with E-state index in [0.29, 0.717) is 15.8 Å². The van der Waals surface area contributed by atoms with Crippen molar-refractivity contribution in [1.82, 2.24) is 4.73 Å². The van der Waals surface area contributed by atoms with Gasteiger partial charge in [-0.15, -0.1) is 0 Å². The highest BCUT2D eigenvalue weighted by atomic mass is 16.5. The molecule has 5 nitrogen and oxygen atoms in total. The Labute approximate surface area is 95.7 Å². The second-order valence-electron chi connectivity index (χ2n) is 3.75.